The molecule has 5 nitrogen and oxygen atoms in total. The van der Waals surface area contributed by atoms with Crippen LogP contribution in [0.25, 0.3) is 0 Å². The molecule has 0 aromatic heterocycles. The molecule has 1 aliphatic heterocycles. The van der Waals surface area contributed by atoms with E-state index in [1.807, 2.05) is 0 Å². The van der Waals surface area contributed by atoms with E-state index in [1.165, 1.54) is 12.0 Å². The van der Waals surface area contributed by atoms with Gasteiger partial charge in [0, 0.05) is 0 Å². The maximum atomic E-state index is 12.7. The Morgan fingerprint density at radius 3 is 2.65 bits per heavy atom. The number of nitrogens with one attached hydrogen (secondary N) is 1. The van der Waals surface area contributed by atoms with Crippen LogP contribution >= 0.6 is 0 Å². The van der Waals surface area contributed by atoms with Crippen molar-refractivity contribution in [3.63, 3.8) is 0 Å². The summed E-state index contributed by atoms with van der Waals surface area (Å²) < 4.78 is 0. The summed E-state index contributed by atoms with van der Waals surface area (Å²) in [7, 11) is 0. The van der Waals surface area contributed by atoms with Crippen molar-refractivity contribution >= 4 is 18.2 Å². The maximum Gasteiger partial charge on any atom is 0.346 e. The minimum Gasteiger partial charge on any atom is -0.321 e. The largest absolute Gasteiger partial charge is 0.346 e. The van der Waals surface area contributed by atoms with Gasteiger partial charge < -0.3 is 5.32 Å². The lowest BCUT2D eigenvalue weighted by Gasteiger charge is -2.55. The number of allylic oxidation sites excluding steroid dienone is 2. The normalized spacial score (nSPS) is 34.5. The number of amides is 3. The first kappa shape index (κ1) is 14.9. The molecule has 1 spiro atoms. The Morgan fingerprint density at radius 1 is 1.26 bits per heavy atom. The van der Waals surface area contributed by atoms with Crippen LogP contribution in [0.2, 0.25) is 0 Å². The van der Waals surface area contributed by atoms with Crippen LogP contribution in [0.5, 0.6) is 0 Å². The molecular weight excluding hydrogens is 290 g/mol. The Balaban J connectivity index is 1.52. The van der Waals surface area contributed by atoms with Crippen LogP contribution in [0.4, 0.5) is 4.79 Å². The quantitative estimate of drug-likeness (QED) is 0.628. The first-order chi connectivity index (χ1) is 10.9. The van der Waals surface area contributed by atoms with Gasteiger partial charge in [0.15, 0.2) is 0 Å². The SMILES string of the molecule is CC1(C)C2CC=C(C=NN3C(=O)NC4(CCCCC4)C3=O)C1C2. The van der Waals surface area contributed by atoms with Gasteiger partial charge in [-0.2, -0.15) is 5.10 Å². The zero-order valence-electron chi connectivity index (χ0n) is 14.0. The second-order valence-electron chi connectivity index (χ2n) is 8.18. The molecule has 2 atom stereocenters. The Hall–Kier alpha value is -1.65. The highest BCUT2D eigenvalue weighted by atomic mass is 16.2. The molecule has 2 bridgehead atoms. The zero-order valence-corrected chi connectivity index (χ0v) is 14.0. The van der Waals surface area contributed by atoms with Gasteiger partial charge in [0.1, 0.15) is 5.54 Å². The van der Waals surface area contributed by atoms with E-state index in [1.54, 1.807) is 6.21 Å². The van der Waals surface area contributed by atoms with E-state index < -0.39 is 5.54 Å². The van der Waals surface area contributed by atoms with E-state index in [4.69, 9.17) is 0 Å². The van der Waals surface area contributed by atoms with Crippen LogP contribution < -0.4 is 5.32 Å². The summed E-state index contributed by atoms with van der Waals surface area (Å²) in [4.78, 5) is 24.9. The van der Waals surface area contributed by atoms with Gasteiger partial charge in [-0.15, -0.1) is 5.01 Å². The van der Waals surface area contributed by atoms with Crippen LogP contribution in [-0.4, -0.2) is 28.7 Å². The Kier molecular flexibility index (Phi) is 3.19. The van der Waals surface area contributed by atoms with E-state index in [2.05, 4.69) is 30.3 Å². The van der Waals surface area contributed by atoms with E-state index in [0.717, 1.165) is 49.5 Å². The predicted octanol–water partition coefficient (Wildman–Crippen LogP) is 3.22. The lowest BCUT2D eigenvalue weighted by Crippen LogP contribution is -2.48. The average Bonchev–Trinajstić information content (AvgIpc) is 2.76. The van der Waals surface area contributed by atoms with Crippen molar-refractivity contribution in [2.75, 3.05) is 0 Å². The third-order valence-electron chi connectivity index (χ3n) is 6.68. The predicted molar refractivity (Wildman–Crippen MR) is 87.8 cm³/mol. The highest BCUT2D eigenvalue weighted by molar-refractivity contribution is 6.07. The molecule has 1 N–H and O–H groups in total. The summed E-state index contributed by atoms with van der Waals surface area (Å²) in [6.45, 7) is 4.61. The molecule has 5 aliphatic rings. The molecular formula is C18H25N3O2. The van der Waals surface area contributed by atoms with Crippen LogP contribution in [0.15, 0.2) is 16.8 Å². The molecule has 4 aliphatic carbocycles. The van der Waals surface area contributed by atoms with Gasteiger partial charge in [-0.1, -0.05) is 39.2 Å². The maximum absolute atomic E-state index is 12.7. The lowest BCUT2D eigenvalue weighted by atomic mass is 9.49. The molecule has 2 unspecified atom stereocenters. The zero-order chi connectivity index (χ0) is 16.2. The summed E-state index contributed by atoms with van der Waals surface area (Å²) in [6, 6.07) is -0.365. The minimum absolute atomic E-state index is 0.166. The lowest BCUT2D eigenvalue weighted by molar-refractivity contribution is -0.132. The standard InChI is InChI=1S/C18H25N3O2/c1-17(2)13-7-6-12(14(17)10-13)11-19-21-15(22)18(20-16(21)23)8-4-3-5-9-18/h6,11,13-14H,3-5,7-10H2,1-2H3,(H,20,23). The average molecular weight is 315 g/mol. The van der Waals surface area contributed by atoms with Crippen molar-refractivity contribution in [3.05, 3.63) is 11.6 Å². The number of hydrazone groups is 1. The third kappa shape index (κ3) is 2.08. The van der Waals surface area contributed by atoms with Gasteiger partial charge in [0.25, 0.3) is 5.91 Å². The summed E-state index contributed by atoms with van der Waals surface area (Å²) in [5, 5.41) is 8.24. The number of imide groups is 1. The summed E-state index contributed by atoms with van der Waals surface area (Å²) in [5.41, 5.74) is 0.814. The molecule has 3 fully saturated rings. The van der Waals surface area contributed by atoms with Gasteiger partial charge in [-0.25, -0.2) is 4.79 Å². The summed E-state index contributed by atoms with van der Waals surface area (Å²) in [6.07, 6.45) is 10.9. The smallest absolute Gasteiger partial charge is 0.321 e. The molecule has 23 heavy (non-hydrogen) atoms. The van der Waals surface area contributed by atoms with Crippen molar-refractivity contribution in [2.45, 2.75) is 64.3 Å². The molecule has 124 valence electrons. The molecule has 5 rings (SSSR count). The van der Waals surface area contributed by atoms with Gasteiger partial charge in [0.05, 0.1) is 6.21 Å². The number of nitrogens with zero attached hydrogens (tertiary/aromatic N) is 2. The fourth-order valence-corrected chi connectivity index (χ4v) is 4.87. The number of fused-ring (bicyclic) bond motifs is 1. The monoisotopic (exact) mass is 315 g/mol. The van der Waals surface area contributed by atoms with Crippen LogP contribution in [-0.2, 0) is 4.79 Å². The number of hydrogen-bond acceptors (Lipinski definition) is 3. The van der Waals surface area contributed by atoms with Crippen molar-refractivity contribution in [3.8, 4) is 0 Å². The number of hydrogen-bond donors (Lipinski definition) is 1. The Bertz CT molecular complexity index is 614. The van der Waals surface area contributed by atoms with Gasteiger partial charge in [-0.05, 0) is 48.5 Å². The highest BCUT2D eigenvalue weighted by Gasteiger charge is 2.53. The first-order valence-electron chi connectivity index (χ1n) is 8.85. The molecule has 0 aromatic carbocycles. The van der Waals surface area contributed by atoms with Crippen molar-refractivity contribution in [1.82, 2.24) is 10.3 Å². The van der Waals surface area contributed by atoms with Gasteiger partial charge in [-0.3, -0.25) is 4.79 Å². The van der Waals surface area contributed by atoms with Crippen molar-refractivity contribution < 1.29 is 9.59 Å². The Morgan fingerprint density at radius 2 is 2.00 bits per heavy atom. The van der Waals surface area contributed by atoms with Crippen molar-refractivity contribution in [2.24, 2.45) is 22.4 Å². The van der Waals surface area contributed by atoms with E-state index in [-0.39, 0.29) is 11.9 Å². The second kappa shape index (κ2) is 4.92. The first-order valence-corrected chi connectivity index (χ1v) is 8.85. The molecule has 2 saturated carbocycles. The number of urea groups is 1. The minimum atomic E-state index is -0.686. The van der Waals surface area contributed by atoms with Crippen molar-refractivity contribution in [1.29, 1.82) is 0 Å². The highest BCUT2D eigenvalue weighted by Crippen LogP contribution is 2.58. The molecule has 3 amide bonds. The topological polar surface area (TPSA) is 61.8 Å². The summed E-state index contributed by atoms with van der Waals surface area (Å²) in [5.74, 6) is 1.11. The van der Waals surface area contributed by atoms with E-state index in [0.29, 0.717) is 11.3 Å². The molecule has 5 heteroatoms. The fourth-order valence-electron chi connectivity index (χ4n) is 4.87. The van der Waals surface area contributed by atoms with Crippen LogP contribution in [0, 0.1) is 17.3 Å². The third-order valence-corrected chi connectivity index (χ3v) is 6.68. The molecule has 1 heterocycles. The number of carbonyl (C=O) groups is 2. The van der Waals surface area contributed by atoms with Crippen LogP contribution in [0.1, 0.15) is 58.8 Å². The molecule has 0 radical (unpaired) electrons. The van der Waals surface area contributed by atoms with E-state index >= 15 is 0 Å². The van der Waals surface area contributed by atoms with Gasteiger partial charge in [0.2, 0.25) is 0 Å². The number of carbonyl (C=O) groups excluding carboxylic acids is 2. The Labute approximate surface area is 137 Å². The second-order valence-corrected chi connectivity index (χ2v) is 8.18. The number of rotatable bonds is 2. The van der Waals surface area contributed by atoms with Gasteiger partial charge >= 0.3 is 6.03 Å². The van der Waals surface area contributed by atoms with E-state index in [9.17, 15) is 9.59 Å². The molecule has 0 aromatic rings. The molecule has 1 saturated heterocycles. The van der Waals surface area contributed by atoms with Crippen LogP contribution in [0.3, 0.4) is 0 Å². The fraction of sp³-hybridized carbons (Fsp3) is 0.722. The summed E-state index contributed by atoms with van der Waals surface area (Å²) >= 11 is 0.